The molecule has 0 spiro atoms. The lowest BCUT2D eigenvalue weighted by molar-refractivity contribution is -0.128. The number of hydrogen-bond acceptors (Lipinski definition) is 4. The minimum Gasteiger partial charge on any atom is -0.504 e. The van der Waals surface area contributed by atoms with E-state index in [1.165, 1.54) is 12.1 Å². The number of allylic oxidation sites excluding steroid dienone is 1. The van der Waals surface area contributed by atoms with Crippen LogP contribution in [0.15, 0.2) is 54.6 Å². The third-order valence-corrected chi connectivity index (χ3v) is 4.34. The molecule has 1 unspecified atom stereocenters. The zero-order valence-corrected chi connectivity index (χ0v) is 14.6. The van der Waals surface area contributed by atoms with Crippen LogP contribution in [0, 0.1) is 5.92 Å². The molecule has 26 heavy (non-hydrogen) atoms. The van der Waals surface area contributed by atoms with Gasteiger partial charge >= 0.3 is 0 Å². The molecule has 3 rings (SSSR count). The Morgan fingerprint density at radius 3 is 2.77 bits per heavy atom. The minimum atomic E-state index is -0.644. The van der Waals surface area contributed by atoms with Crippen molar-refractivity contribution in [3.05, 3.63) is 60.2 Å². The molecule has 0 saturated carbocycles. The van der Waals surface area contributed by atoms with Gasteiger partial charge in [-0.1, -0.05) is 30.3 Å². The maximum atomic E-state index is 12.6. The molecule has 0 radical (unpaired) electrons. The molecular weight excluding hydrogens is 330 g/mol. The van der Waals surface area contributed by atoms with Crippen molar-refractivity contribution in [2.24, 2.45) is 5.92 Å². The number of amides is 1. The van der Waals surface area contributed by atoms with Crippen molar-refractivity contribution < 1.29 is 19.4 Å². The second-order valence-corrected chi connectivity index (χ2v) is 6.06. The normalized spacial score (nSPS) is 17.0. The van der Waals surface area contributed by atoms with Crippen LogP contribution in [0.25, 0.3) is 6.08 Å². The first-order chi connectivity index (χ1) is 12.6. The molecule has 1 atom stereocenters. The molecule has 1 aliphatic rings. The number of nitrogens with zero attached hydrogens (tertiary/aromatic N) is 1. The van der Waals surface area contributed by atoms with E-state index in [1.807, 2.05) is 37.3 Å². The van der Waals surface area contributed by atoms with Gasteiger partial charge in [-0.15, -0.1) is 0 Å². The van der Waals surface area contributed by atoms with Gasteiger partial charge in [-0.25, -0.2) is 0 Å². The molecule has 5 heteroatoms. The largest absolute Gasteiger partial charge is 0.504 e. The number of anilines is 1. The molecule has 1 fully saturated rings. The number of hydrogen-bond donors (Lipinski definition) is 1. The summed E-state index contributed by atoms with van der Waals surface area (Å²) < 4.78 is 5.33. The first-order valence-electron chi connectivity index (χ1n) is 8.64. The van der Waals surface area contributed by atoms with Gasteiger partial charge in [0.1, 0.15) is 5.92 Å². The lowest BCUT2D eigenvalue weighted by Crippen LogP contribution is -2.29. The summed E-state index contributed by atoms with van der Waals surface area (Å²) in [6.07, 6.45) is 3.58. The van der Waals surface area contributed by atoms with Gasteiger partial charge in [-0.05, 0) is 49.2 Å². The third kappa shape index (κ3) is 3.77. The highest BCUT2D eigenvalue weighted by Gasteiger charge is 2.36. The Morgan fingerprint density at radius 1 is 1.27 bits per heavy atom. The van der Waals surface area contributed by atoms with Crippen molar-refractivity contribution in [1.82, 2.24) is 0 Å². The first-order valence-corrected chi connectivity index (χ1v) is 8.64. The summed E-state index contributed by atoms with van der Waals surface area (Å²) in [5.41, 5.74) is 1.54. The monoisotopic (exact) mass is 351 g/mol. The highest BCUT2D eigenvalue weighted by Crippen LogP contribution is 2.28. The van der Waals surface area contributed by atoms with Gasteiger partial charge in [0.25, 0.3) is 0 Å². The van der Waals surface area contributed by atoms with Crippen molar-refractivity contribution in [1.29, 1.82) is 0 Å². The Morgan fingerprint density at radius 2 is 2.04 bits per heavy atom. The predicted molar refractivity (Wildman–Crippen MR) is 100 cm³/mol. The Bertz CT molecular complexity index is 829. The summed E-state index contributed by atoms with van der Waals surface area (Å²) in [5.74, 6) is -0.588. The summed E-state index contributed by atoms with van der Waals surface area (Å²) >= 11 is 0. The van der Waals surface area contributed by atoms with Crippen molar-refractivity contribution in [3.63, 3.8) is 0 Å². The number of phenols is 1. The standard InChI is InChI=1S/C21H21NO4/c1-2-26-20-14-15(9-11-19(20)24)8-10-18(23)17-12-13-22(21(17)25)16-6-4-3-5-7-16/h3-11,14,17,24H,2,12-13H2,1H3. The highest BCUT2D eigenvalue weighted by atomic mass is 16.5. The molecule has 5 nitrogen and oxygen atoms in total. The second kappa shape index (κ2) is 7.87. The summed E-state index contributed by atoms with van der Waals surface area (Å²) in [5, 5.41) is 9.72. The Kier molecular flexibility index (Phi) is 5.37. The van der Waals surface area contributed by atoms with Crippen LogP contribution in [0.3, 0.4) is 0 Å². The smallest absolute Gasteiger partial charge is 0.237 e. The molecule has 0 aliphatic carbocycles. The first kappa shape index (κ1) is 17.7. The summed E-state index contributed by atoms with van der Waals surface area (Å²) in [6.45, 7) is 2.81. The van der Waals surface area contributed by atoms with E-state index in [-0.39, 0.29) is 17.4 Å². The highest BCUT2D eigenvalue weighted by molar-refractivity contribution is 6.14. The fourth-order valence-electron chi connectivity index (χ4n) is 3.01. The topological polar surface area (TPSA) is 66.8 Å². The van der Waals surface area contributed by atoms with E-state index >= 15 is 0 Å². The van der Waals surface area contributed by atoms with Crippen LogP contribution >= 0.6 is 0 Å². The van der Waals surface area contributed by atoms with Gasteiger partial charge in [-0.2, -0.15) is 0 Å². The van der Waals surface area contributed by atoms with Crippen molar-refractivity contribution in [3.8, 4) is 11.5 Å². The van der Waals surface area contributed by atoms with E-state index in [9.17, 15) is 14.7 Å². The van der Waals surface area contributed by atoms with Crippen molar-refractivity contribution >= 4 is 23.5 Å². The molecule has 1 heterocycles. The van der Waals surface area contributed by atoms with Crippen LogP contribution in [-0.4, -0.2) is 29.9 Å². The summed E-state index contributed by atoms with van der Waals surface area (Å²) in [7, 11) is 0. The number of benzene rings is 2. The molecule has 1 amide bonds. The lowest BCUT2D eigenvalue weighted by atomic mass is 10.0. The molecule has 2 aromatic carbocycles. The Balaban J connectivity index is 1.70. The van der Waals surface area contributed by atoms with E-state index < -0.39 is 5.92 Å². The molecule has 0 aromatic heterocycles. The second-order valence-electron chi connectivity index (χ2n) is 6.06. The average molecular weight is 351 g/mol. The quantitative estimate of drug-likeness (QED) is 0.640. The van der Waals surface area contributed by atoms with Gasteiger partial charge in [0, 0.05) is 12.2 Å². The number of ketones is 1. The van der Waals surface area contributed by atoms with Crippen LogP contribution in [0.1, 0.15) is 18.9 Å². The van der Waals surface area contributed by atoms with E-state index in [2.05, 4.69) is 0 Å². The van der Waals surface area contributed by atoms with E-state index in [0.29, 0.717) is 25.3 Å². The fourth-order valence-corrected chi connectivity index (χ4v) is 3.01. The Hall–Kier alpha value is -3.08. The zero-order chi connectivity index (χ0) is 18.5. The molecule has 1 N–H and O–H groups in total. The van der Waals surface area contributed by atoms with Crippen LogP contribution in [-0.2, 0) is 9.59 Å². The predicted octanol–water partition coefficient (Wildman–Crippen LogP) is 3.43. The Labute approximate surface area is 152 Å². The molecule has 134 valence electrons. The third-order valence-electron chi connectivity index (χ3n) is 4.34. The van der Waals surface area contributed by atoms with Crippen LogP contribution in [0.5, 0.6) is 11.5 Å². The number of ether oxygens (including phenoxy) is 1. The fraction of sp³-hybridized carbons (Fsp3) is 0.238. The number of rotatable bonds is 6. The van der Waals surface area contributed by atoms with Gasteiger partial charge in [0.15, 0.2) is 17.3 Å². The maximum Gasteiger partial charge on any atom is 0.237 e. The molecule has 1 saturated heterocycles. The van der Waals surface area contributed by atoms with Crippen molar-refractivity contribution in [2.45, 2.75) is 13.3 Å². The average Bonchev–Trinajstić information content (AvgIpc) is 3.04. The summed E-state index contributed by atoms with van der Waals surface area (Å²) in [4.78, 5) is 26.7. The van der Waals surface area contributed by atoms with Gasteiger partial charge in [-0.3, -0.25) is 9.59 Å². The number of aromatic hydroxyl groups is 1. The number of para-hydroxylation sites is 1. The number of carbonyl (C=O) groups excluding carboxylic acids is 2. The number of phenolic OH excluding ortho intramolecular Hbond substituents is 1. The van der Waals surface area contributed by atoms with E-state index in [4.69, 9.17) is 4.74 Å². The minimum absolute atomic E-state index is 0.0554. The SMILES string of the molecule is CCOc1cc(C=CC(=O)C2CCN(c3ccccc3)C2=O)ccc1O. The van der Waals surface area contributed by atoms with Crippen LogP contribution in [0.2, 0.25) is 0 Å². The van der Waals surface area contributed by atoms with Gasteiger partial charge in [0.2, 0.25) is 5.91 Å². The maximum absolute atomic E-state index is 12.6. The number of carbonyl (C=O) groups is 2. The molecular formula is C21H21NO4. The van der Waals surface area contributed by atoms with Crippen LogP contribution in [0.4, 0.5) is 5.69 Å². The van der Waals surface area contributed by atoms with Crippen molar-refractivity contribution in [2.75, 3.05) is 18.1 Å². The van der Waals surface area contributed by atoms with E-state index in [0.717, 1.165) is 11.3 Å². The van der Waals surface area contributed by atoms with Gasteiger partial charge < -0.3 is 14.7 Å². The molecule has 0 bridgehead atoms. The van der Waals surface area contributed by atoms with Crippen LogP contribution < -0.4 is 9.64 Å². The summed E-state index contributed by atoms with van der Waals surface area (Å²) in [6, 6.07) is 14.2. The lowest BCUT2D eigenvalue weighted by Gasteiger charge is -2.15. The van der Waals surface area contributed by atoms with E-state index in [1.54, 1.807) is 23.1 Å². The molecule has 1 aliphatic heterocycles. The molecule has 2 aromatic rings. The zero-order valence-electron chi connectivity index (χ0n) is 14.6. The van der Waals surface area contributed by atoms with Gasteiger partial charge in [0.05, 0.1) is 6.61 Å².